The summed E-state index contributed by atoms with van der Waals surface area (Å²) in [5, 5.41) is 4.12. The van der Waals surface area contributed by atoms with E-state index < -0.39 is 5.91 Å². The maximum absolute atomic E-state index is 12.8. The van der Waals surface area contributed by atoms with Crippen LogP contribution in [0.5, 0.6) is 11.5 Å². The summed E-state index contributed by atoms with van der Waals surface area (Å²) in [5.41, 5.74) is 10.3. The van der Waals surface area contributed by atoms with Crippen molar-refractivity contribution in [1.82, 2.24) is 4.57 Å². The number of nitrogens with zero attached hydrogens (tertiary/aromatic N) is 1. The van der Waals surface area contributed by atoms with E-state index in [1.165, 1.54) is 5.56 Å². The molecule has 1 aliphatic rings. The van der Waals surface area contributed by atoms with Crippen molar-refractivity contribution in [3.8, 4) is 11.5 Å². The Kier molecular flexibility index (Phi) is 5.67. The van der Waals surface area contributed by atoms with Crippen molar-refractivity contribution in [2.45, 2.75) is 18.9 Å². The lowest BCUT2D eigenvalue weighted by Gasteiger charge is -2.17. The molecule has 172 valence electrons. The van der Waals surface area contributed by atoms with Crippen LogP contribution in [0.3, 0.4) is 0 Å². The number of anilines is 1. The van der Waals surface area contributed by atoms with Gasteiger partial charge in [0.1, 0.15) is 0 Å². The molecule has 1 aliphatic heterocycles. The van der Waals surface area contributed by atoms with Gasteiger partial charge in [-0.1, -0.05) is 42.5 Å². The maximum Gasteiger partial charge on any atom is 0.255 e. The average molecular weight is 456 g/mol. The number of nitrogens with one attached hydrogen (secondary N) is 1. The van der Waals surface area contributed by atoms with Gasteiger partial charge < -0.3 is 25.1 Å². The molecular formula is C27H25N3O4. The van der Waals surface area contributed by atoms with Gasteiger partial charge in [-0.05, 0) is 41.0 Å². The highest BCUT2D eigenvalue weighted by molar-refractivity contribution is 6.06. The molecule has 0 radical (unpaired) electrons. The fourth-order valence-electron chi connectivity index (χ4n) is 4.63. The molecule has 5 rings (SSSR count). The van der Waals surface area contributed by atoms with Crippen LogP contribution >= 0.6 is 0 Å². The van der Waals surface area contributed by atoms with Crippen LogP contribution in [0.25, 0.3) is 10.9 Å². The minimum Gasteiger partial charge on any atom is -0.493 e. The first kappa shape index (κ1) is 21.6. The number of methoxy groups -OCH3 is 1. The molecule has 0 saturated carbocycles. The highest BCUT2D eigenvalue weighted by Crippen LogP contribution is 2.42. The van der Waals surface area contributed by atoms with Crippen LogP contribution in [0, 0.1) is 0 Å². The second kappa shape index (κ2) is 8.94. The van der Waals surface area contributed by atoms with E-state index in [1.54, 1.807) is 13.2 Å². The Balaban J connectivity index is 1.60. The fourth-order valence-corrected chi connectivity index (χ4v) is 4.63. The van der Waals surface area contributed by atoms with Crippen LogP contribution in [-0.2, 0) is 16.1 Å². The molecule has 1 aromatic heterocycles. The monoisotopic (exact) mass is 455 g/mol. The molecule has 0 saturated heterocycles. The lowest BCUT2D eigenvalue weighted by molar-refractivity contribution is -0.120. The number of ether oxygens (including phenoxy) is 2. The number of primary amides is 1. The number of aromatic nitrogens is 1. The Labute approximate surface area is 197 Å². The molecular weight excluding hydrogens is 430 g/mol. The number of amides is 2. The first-order valence-corrected chi connectivity index (χ1v) is 11.1. The molecule has 0 bridgehead atoms. The molecule has 1 atom stereocenters. The minimum atomic E-state index is -0.565. The first-order valence-electron chi connectivity index (χ1n) is 11.1. The van der Waals surface area contributed by atoms with Gasteiger partial charge in [0.15, 0.2) is 18.1 Å². The Bertz CT molecular complexity index is 1380. The topological polar surface area (TPSA) is 95.6 Å². The summed E-state index contributed by atoms with van der Waals surface area (Å²) in [5.74, 6) is 0.121. The van der Waals surface area contributed by atoms with Gasteiger partial charge in [0.25, 0.3) is 5.91 Å². The zero-order valence-corrected chi connectivity index (χ0v) is 18.8. The van der Waals surface area contributed by atoms with Crippen LogP contribution in [0.4, 0.5) is 5.69 Å². The van der Waals surface area contributed by atoms with E-state index in [9.17, 15) is 9.59 Å². The van der Waals surface area contributed by atoms with Gasteiger partial charge in [0.05, 0.1) is 18.3 Å². The molecule has 34 heavy (non-hydrogen) atoms. The molecule has 2 amide bonds. The molecule has 0 fully saturated rings. The number of nitrogens with two attached hydrogens (primary N) is 1. The smallest absolute Gasteiger partial charge is 0.255 e. The number of hydrogen-bond donors (Lipinski definition) is 2. The number of carbonyl (C=O) groups excluding carboxylic acids is 2. The maximum atomic E-state index is 12.8. The summed E-state index contributed by atoms with van der Waals surface area (Å²) in [6.45, 7) is 0.489. The minimum absolute atomic E-state index is 0.0451. The molecule has 3 aromatic carbocycles. The largest absolute Gasteiger partial charge is 0.493 e. The molecule has 7 nitrogen and oxygen atoms in total. The third-order valence-corrected chi connectivity index (χ3v) is 6.13. The Morgan fingerprint density at radius 1 is 1.09 bits per heavy atom. The third kappa shape index (κ3) is 4.08. The van der Waals surface area contributed by atoms with Crippen molar-refractivity contribution >= 4 is 28.4 Å². The normalized spacial score (nSPS) is 15.0. The summed E-state index contributed by atoms with van der Waals surface area (Å²) >= 11 is 0. The van der Waals surface area contributed by atoms with Gasteiger partial charge in [0, 0.05) is 30.5 Å². The van der Waals surface area contributed by atoms with Crippen LogP contribution < -0.4 is 20.5 Å². The lowest BCUT2D eigenvalue weighted by atomic mass is 9.88. The number of carbonyl (C=O) groups is 2. The standard InChI is InChI=1S/C27H25N3O4/c1-33-24-12-18(10-11-23(24)34-16-25(28)31)19-13-26(32)29-21-8-5-9-22-27(21)20(19)15-30(22)14-17-6-3-2-4-7-17/h2-12,15,19H,13-14,16H2,1H3,(H2,28,31)(H,29,32)/t19-/m1/s1. The van der Waals surface area contributed by atoms with Gasteiger partial charge in [-0.2, -0.15) is 0 Å². The van der Waals surface area contributed by atoms with Gasteiger partial charge in [-0.25, -0.2) is 0 Å². The zero-order chi connectivity index (χ0) is 23.7. The highest BCUT2D eigenvalue weighted by atomic mass is 16.5. The van der Waals surface area contributed by atoms with Gasteiger partial charge in [0.2, 0.25) is 5.91 Å². The van der Waals surface area contributed by atoms with Crippen LogP contribution in [-0.4, -0.2) is 30.1 Å². The van der Waals surface area contributed by atoms with E-state index in [1.807, 2.05) is 42.5 Å². The van der Waals surface area contributed by atoms with E-state index >= 15 is 0 Å². The van der Waals surface area contributed by atoms with Crippen molar-refractivity contribution in [2.75, 3.05) is 19.0 Å². The van der Waals surface area contributed by atoms with Gasteiger partial charge in [-0.15, -0.1) is 0 Å². The zero-order valence-electron chi connectivity index (χ0n) is 18.8. The van der Waals surface area contributed by atoms with E-state index in [0.29, 0.717) is 17.9 Å². The average Bonchev–Trinajstić information content (AvgIpc) is 3.13. The van der Waals surface area contributed by atoms with Gasteiger partial charge in [-0.3, -0.25) is 9.59 Å². The van der Waals surface area contributed by atoms with Crippen molar-refractivity contribution < 1.29 is 19.1 Å². The third-order valence-electron chi connectivity index (χ3n) is 6.13. The number of rotatable bonds is 7. The summed E-state index contributed by atoms with van der Waals surface area (Å²) in [7, 11) is 1.54. The summed E-state index contributed by atoms with van der Waals surface area (Å²) in [6, 6.07) is 21.8. The molecule has 0 spiro atoms. The van der Waals surface area contributed by atoms with Crippen LogP contribution in [0.15, 0.2) is 72.9 Å². The molecule has 3 N–H and O–H groups in total. The molecule has 0 unspecified atom stereocenters. The molecule has 2 heterocycles. The number of hydrogen-bond acceptors (Lipinski definition) is 4. The first-order chi connectivity index (χ1) is 16.5. The van der Waals surface area contributed by atoms with Crippen molar-refractivity contribution in [1.29, 1.82) is 0 Å². The van der Waals surface area contributed by atoms with E-state index in [2.05, 4.69) is 34.3 Å². The molecule has 7 heteroatoms. The summed E-state index contributed by atoms with van der Waals surface area (Å²) in [4.78, 5) is 23.9. The SMILES string of the molecule is COc1cc([C@H]2CC(=O)Nc3cccc4c3c2cn4Cc2ccccc2)ccc1OCC(N)=O. The Morgan fingerprint density at radius 3 is 2.68 bits per heavy atom. The van der Waals surface area contributed by atoms with Crippen molar-refractivity contribution in [3.63, 3.8) is 0 Å². The predicted octanol–water partition coefficient (Wildman–Crippen LogP) is 4.04. The van der Waals surface area contributed by atoms with E-state index in [0.717, 1.165) is 34.3 Å². The highest BCUT2D eigenvalue weighted by Gasteiger charge is 2.28. The van der Waals surface area contributed by atoms with Crippen LogP contribution in [0.2, 0.25) is 0 Å². The summed E-state index contributed by atoms with van der Waals surface area (Å²) < 4.78 is 13.2. The van der Waals surface area contributed by atoms with Crippen LogP contribution in [0.1, 0.15) is 29.0 Å². The van der Waals surface area contributed by atoms with E-state index in [4.69, 9.17) is 15.2 Å². The predicted molar refractivity (Wildman–Crippen MR) is 130 cm³/mol. The molecule has 4 aromatic rings. The van der Waals surface area contributed by atoms with Crippen molar-refractivity contribution in [2.24, 2.45) is 5.73 Å². The Hall–Kier alpha value is -4.26. The fraction of sp³-hybridized carbons (Fsp3) is 0.185. The quantitative estimate of drug-likeness (QED) is 0.440. The van der Waals surface area contributed by atoms with Crippen molar-refractivity contribution in [3.05, 3.63) is 89.6 Å². The second-order valence-corrected chi connectivity index (χ2v) is 8.37. The second-order valence-electron chi connectivity index (χ2n) is 8.37. The summed E-state index contributed by atoms with van der Waals surface area (Å²) in [6.07, 6.45) is 2.44. The lowest BCUT2D eigenvalue weighted by Crippen LogP contribution is -2.20. The van der Waals surface area contributed by atoms with E-state index in [-0.39, 0.29) is 18.4 Å². The van der Waals surface area contributed by atoms with Gasteiger partial charge >= 0.3 is 0 Å². The Morgan fingerprint density at radius 2 is 1.91 bits per heavy atom. The molecule has 0 aliphatic carbocycles. The number of benzene rings is 3.